The molecule has 0 atom stereocenters. The molecule has 0 saturated heterocycles. The van der Waals surface area contributed by atoms with Crippen LogP contribution in [0.15, 0.2) is 79.0 Å². The standard InChI is InChI=1S/C28H28N2.C4H8.C2H6/c1-18-9-8-10-19(2)26(18)25-17-29-27-22-12-7-6-11-21(22)23-15-20(16-28(3,4)5)13-14-24(23)30(25)27;1-4(2)3;1-2/h6-15,17H,16H2,1-5H3;1H2,2-3H3;1-2H3. The molecule has 5 rings (SSSR count). The molecule has 2 heteroatoms. The molecule has 5 aromatic rings. The predicted octanol–water partition coefficient (Wildman–Crippen LogP) is 10.1. The molecule has 0 spiro atoms. The van der Waals surface area contributed by atoms with Crippen molar-refractivity contribution in [2.45, 2.75) is 68.7 Å². The summed E-state index contributed by atoms with van der Waals surface area (Å²) in [6.45, 7) is 22.8. The van der Waals surface area contributed by atoms with Crippen molar-refractivity contribution in [2.24, 2.45) is 5.41 Å². The Bertz CT molecular complexity index is 1490. The van der Waals surface area contributed by atoms with Crippen LogP contribution in [0.5, 0.6) is 0 Å². The van der Waals surface area contributed by atoms with Gasteiger partial charge in [0.2, 0.25) is 0 Å². The Morgan fingerprint density at radius 2 is 1.42 bits per heavy atom. The van der Waals surface area contributed by atoms with E-state index in [2.05, 4.69) is 106 Å². The highest BCUT2D eigenvalue weighted by Gasteiger charge is 2.18. The van der Waals surface area contributed by atoms with E-state index < -0.39 is 0 Å². The van der Waals surface area contributed by atoms with Gasteiger partial charge in [0, 0.05) is 16.3 Å². The Morgan fingerprint density at radius 3 is 2.00 bits per heavy atom. The van der Waals surface area contributed by atoms with Crippen molar-refractivity contribution in [3.63, 3.8) is 0 Å². The van der Waals surface area contributed by atoms with Gasteiger partial charge >= 0.3 is 0 Å². The molecule has 0 unspecified atom stereocenters. The number of aryl methyl sites for hydroxylation is 2. The third-order valence-corrected chi connectivity index (χ3v) is 5.99. The maximum Gasteiger partial charge on any atom is 0.145 e. The van der Waals surface area contributed by atoms with E-state index in [1.165, 1.54) is 55.2 Å². The van der Waals surface area contributed by atoms with Crippen LogP contribution in [0.1, 0.15) is 65.2 Å². The van der Waals surface area contributed by atoms with Gasteiger partial charge in [-0.25, -0.2) is 4.98 Å². The Hall–Kier alpha value is -3.39. The van der Waals surface area contributed by atoms with Crippen LogP contribution in [-0.2, 0) is 6.42 Å². The van der Waals surface area contributed by atoms with Gasteiger partial charge in [0.05, 0.1) is 17.4 Å². The third kappa shape index (κ3) is 5.70. The molecule has 2 nitrogen and oxygen atoms in total. The summed E-state index contributed by atoms with van der Waals surface area (Å²) in [5.41, 5.74) is 10.1. The number of nitrogens with zero attached hydrogens (tertiary/aromatic N) is 2. The van der Waals surface area contributed by atoms with Crippen LogP contribution in [0.2, 0.25) is 0 Å². The van der Waals surface area contributed by atoms with E-state index in [1.807, 2.05) is 33.9 Å². The van der Waals surface area contributed by atoms with Crippen molar-refractivity contribution < 1.29 is 0 Å². The van der Waals surface area contributed by atoms with Crippen LogP contribution in [0.3, 0.4) is 0 Å². The molecule has 0 radical (unpaired) electrons. The second kappa shape index (κ2) is 11.1. The molecule has 0 bridgehead atoms. The van der Waals surface area contributed by atoms with E-state index in [0.717, 1.165) is 12.1 Å². The number of imidazole rings is 1. The molecular formula is C34H42N2. The van der Waals surface area contributed by atoms with Crippen molar-refractivity contribution in [2.75, 3.05) is 0 Å². The number of pyridine rings is 1. The highest BCUT2D eigenvalue weighted by molar-refractivity contribution is 6.12. The third-order valence-electron chi connectivity index (χ3n) is 5.99. The normalized spacial score (nSPS) is 11.1. The molecular weight excluding hydrogens is 436 g/mol. The fraction of sp³-hybridized carbons (Fsp3) is 0.324. The minimum Gasteiger partial charge on any atom is -0.292 e. The van der Waals surface area contributed by atoms with Crippen molar-refractivity contribution in [1.29, 1.82) is 0 Å². The molecule has 188 valence electrons. The first-order valence-electron chi connectivity index (χ1n) is 13.1. The lowest BCUT2D eigenvalue weighted by Gasteiger charge is -2.19. The number of fused-ring (bicyclic) bond motifs is 6. The van der Waals surface area contributed by atoms with E-state index in [0.29, 0.717) is 0 Å². The first-order valence-corrected chi connectivity index (χ1v) is 13.1. The van der Waals surface area contributed by atoms with Crippen molar-refractivity contribution in [3.05, 3.63) is 95.7 Å². The average molecular weight is 479 g/mol. The number of hydrogen-bond acceptors (Lipinski definition) is 1. The summed E-state index contributed by atoms with van der Waals surface area (Å²) in [5, 5.41) is 3.77. The Labute approximate surface area is 217 Å². The van der Waals surface area contributed by atoms with Gasteiger partial charge in [-0.2, -0.15) is 0 Å². The number of aromatic nitrogens is 2. The summed E-state index contributed by atoms with van der Waals surface area (Å²) in [6.07, 6.45) is 3.10. The quantitative estimate of drug-likeness (QED) is 0.182. The van der Waals surface area contributed by atoms with Crippen LogP contribution in [-0.4, -0.2) is 9.38 Å². The molecule has 0 saturated carbocycles. The van der Waals surface area contributed by atoms with Gasteiger partial charge in [0.25, 0.3) is 0 Å². The molecule has 0 aliphatic rings. The van der Waals surface area contributed by atoms with Gasteiger partial charge in [-0.3, -0.25) is 4.40 Å². The van der Waals surface area contributed by atoms with Gasteiger partial charge in [0.1, 0.15) is 5.65 Å². The van der Waals surface area contributed by atoms with Crippen molar-refractivity contribution in [1.82, 2.24) is 9.38 Å². The topological polar surface area (TPSA) is 17.3 Å². The van der Waals surface area contributed by atoms with E-state index in [1.54, 1.807) is 0 Å². The van der Waals surface area contributed by atoms with E-state index in [9.17, 15) is 0 Å². The first kappa shape index (κ1) is 27.2. The highest BCUT2D eigenvalue weighted by Crippen LogP contribution is 2.36. The number of allylic oxidation sites excluding steroid dienone is 1. The van der Waals surface area contributed by atoms with Crippen molar-refractivity contribution in [3.8, 4) is 11.3 Å². The Balaban J connectivity index is 0.000000550. The second-order valence-corrected chi connectivity index (χ2v) is 10.9. The highest BCUT2D eigenvalue weighted by atomic mass is 15.0. The SMILES string of the molecule is C=C(C)C.CC.Cc1cccc(C)c1-c1cnc2c3ccccc3c3cc(CC(C)(C)C)ccc3n12. The van der Waals surface area contributed by atoms with Crippen LogP contribution in [0.25, 0.3) is 38.6 Å². The average Bonchev–Trinajstić information content (AvgIpc) is 3.24. The lowest BCUT2D eigenvalue weighted by atomic mass is 9.87. The lowest BCUT2D eigenvalue weighted by molar-refractivity contribution is 0.411. The van der Waals surface area contributed by atoms with E-state index >= 15 is 0 Å². The molecule has 0 aliphatic heterocycles. The summed E-state index contributed by atoms with van der Waals surface area (Å²) in [5.74, 6) is 0. The van der Waals surface area contributed by atoms with Crippen LogP contribution in [0.4, 0.5) is 0 Å². The molecule has 0 amide bonds. The van der Waals surface area contributed by atoms with Gasteiger partial charge in [-0.1, -0.05) is 88.7 Å². The fourth-order valence-corrected chi connectivity index (χ4v) is 4.81. The summed E-state index contributed by atoms with van der Waals surface area (Å²) in [6, 6.07) is 22.1. The van der Waals surface area contributed by atoms with Crippen LogP contribution < -0.4 is 0 Å². The second-order valence-electron chi connectivity index (χ2n) is 10.9. The van der Waals surface area contributed by atoms with Crippen LogP contribution in [0, 0.1) is 19.3 Å². The summed E-state index contributed by atoms with van der Waals surface area (Å²) in [4.78, 5) is 4.90. The summed E-state index contributed by atoms with van der Waals surface area (Å²) < 4.78 is 2.36. The van der Waals surface area contributed by atoms with E-state index in [4.69, 9.17) is 4.98 Å². The minimum absolute atomic E-state index is 0.256. The fourth-order valence-electron chi connectivity index (χ4n) is 4.81. The minimum atomic E-state index is 0.256. The molecule has 3 aromatic carbocycles. The van der Waals surface area contributed by atoms with Crippen molar-refractivity contribution >= 4 is 27.3 Å². The molecule has 2 heterocycles. The van der Waals surface area contributed by atoms with E-state index in [-0.39, 0.29) is 5.41 Å². The maximum absolute atomic E-state index is 4.90. The number of benzene rings is 3. The van der Waals surface area contributed by atoms with Gasteiger partial charge < -0.3 is 0 Å². The molecule has 0 fully saturated rings. The zero-order valence-corrected chi connectivity index (χ0v) is 23.7. The number of rotatable bonds is 2. The zero-order chi connectivity index (χ0) is 26.6. The van der Waals surface area contributed by atoms with Gasteiger partial charge in [-0.15, -0.1) is 6.58 Å². The molecule has 0 N–H and O–H groups in total. The summed E-state index contributed by atoms with van der Waals surface area (Å²) in [7, 11) is 0. The maximum atomic E-state index is 4.90. The monoisotopic (exact) mass is 478 g/mol. The molecule has 2 aromatic heterocycles. The number of hydrogen-bond donors (Lipinski definition) is 0. The van der Waals surface area contributed by atoms with Crippen LogP contribution >= 0.6 is 0 Å². The molecule has 0 aliphatic carbocycles. The van der Waals surface area contributed by atoms with Gasteiger partial charge in [0.15, 0.2) is 0 Å². The lowest BCUT2D eigenvalue weighted by Crippen LogP contribution is -2.09. The first-order chi connectivity index (χ1) is 17.1. The van der Waals surface area contributed by atoms with Gasteiger partial charge in [-0.05, 0) is 73.7 Å². The largest absolute Gasteiger partial charge is 0.292 e. The molecule has 36 heavy (non-hydrogen) atoms. The Kier molecular flexibility index (Phi) is 8.40. The smallest absolute Gasteiger partial charge is 0.145 e. The predicted molar refractivity (Wildman–Crippen MR) is 160 cm³/mol. The zero-order valence-electron chi connectivity index (χ0n) is 23.7. The Morgan fingerprint density at radius 1 is 0.833 bits per heavy atom. The summed E-state index contributed by atoms with van der Waals surface area (Å²) >= 11 is 0.